The number of rotatable bonds is 7. The Bertz CT molecular complexity index is 1150. The summed E-state index contributed by atoms with van der Waals surface area (Å²) in [6, 6.07) is 8.37. The lowest BCUT2D eigenvalue weighted by Crippen LogP contribution is -2.30. The Morgan fingerprint density at radius 3 is 2.72 bits per heavy atom. The SMILES string of the molecule is N#Cc1c(O)c2c(-c3ccc(OCC(=O)NCCCO)cc3)c(Cl)sc2[nH]c1=O. The zero-order valence-electron chi connectivity index (χ0n) is 15.0. The maximum atomic E-state index is 11.9. The number of carbonyl (C=O) groups is 1. The highest BCUT2D eigenvalue weighted by atomic mass is 35.5. The number of thiophene rings is 1. The van der Waals surface area contributed by atoms with Gasteiger partial charge in [-0.1, -0.05) is 23.7 Å². The summed E-state index contributed by atoms with van der Waals surface area (Å²) in [6.07, 6.45) is 0.474. The number of fused-ring (bicyclic) bond motifs is 1. The number of aromatic hydroxyl groups is 1. The van der Waals surface area contributed by atoms with Crippen LogP contribution in [0, 0.1) is 11.3 Å². The number of nitrogens with zero attached hydrogens (tertiary/aromatic N) is 1. The molecule has 3 rings (SSSR count). The van der Waals surface area contributed by atoms with Crippen LogP contribution in [0.25, 0.3) is 21.3 Å². The third kappa shape index (κ3) is 4.35. The molecule has 2 aromatic heterocycles. The van der Waals surface area contributed by atoms with Crippen LogP contribution in [0.15, 0.2) is 29.1 Å². The highest BCUT2D eigenvalue weighted by molar-refractivity contribution is 7.23. The third-order valence-corrected chi connectivity index (χ3v) is 5.39. The van der Waals surface area contributed by atoms with Crippen molar-refractivity contribution in [3.05, 3.63) is 44.5 Å². The standard InChI is InChI=1S/C19H16ClN3O5S/c20-17-14(15-16(26)12(8-21)18(27)23-19(15)29-17)10-2-4-11(5-3-10)28-9-13(25)22-6-1-7-24/h2-5,24H,1,6-7,9H2,(H,22,25)(H2,23,26,27). The molecule has 10 heteroatoms. The predicted octanol–water partition coefficient (Wildman–Crippen LogP) is 2.36. The lowest BCUT2D eigenvalue weighted by molar-refractivity contribution is -0.123. The fourth-order valence-corrected chi connectivity index (χ4v) is 4.08. The highest BCUT2D eigenvalue weighted by Gasteiger charge is 2.21. The summed E-state index contributed by atoms with van der Waals surface area (Å²) >= 11 is 7.41. The number of nitrogens with one attached hydrogen (secondary N) is 2. The second kappa shape index (κ2) is 8.96. The zero-order valence-corrected chi connectivity index (χ0v) is 16.6. The first kappa shape index (κ1) is 20.7. The van der Waals surface area contributed by atoms with Gasteiger partial charge in [0.05, 0.1) is 5.39 Å². The number of ether oxygens (including phenoxy) is 1. The Kier molecular flexibility index (Phi) is 6.39. The molecular weight excluding hydrogens is 418 g/mol. The minimum atomic E-state index is -0.678. The molecule has 0 aliphatic rings. The van der Waals surface area contributed by atoms with Crippen LogP contribution in [0.3, 0.4) is 0 Å². The lowest BCUT2D eigenvalue weighted by atomic mass is 10.0. The molecule has 3 aromatic rings. The number of amides is 1. The maximum Gasteiger partial charge on any atom is 0.270 e. The van der Waals surface area contributed by atoms with Crippen molar-refractivity contribution in [2.24, 2.45) is 0 Å². The molecule has 0 bridgehead atoms. The van der Waals surface area contributed by atoms with Gasteiger partial charge in [0.15, 0.2) is 12.2 Å². The molecule has 1 amide bonds. The van der Waals surface area contributed by atoms with Crippen LogP contribution in [-0.2, 0) is 4.79 Å². The van der Waals surface area contributed by atoms with Crippen LogP contribution in [0.1, 0.15) is 12.0 Å². The van der Waals surface area contributed by atoms with Crippen molar-refractivity contribution in [3.8, 4) is 28.7 Å². The van der Waals surface area contributed by atoms with Gasteiger partial charge in [0.25, 0.3) is 11.5 Å². The van der Waals surface area contributed by atoms with Crippen LogP contribution < -0.4 is 15.6 Å². The molecule has 0 atom stereocenters. The zero-order chi connectivity index (χ0) is 21.0. The molecule has 0 saturated carbocycles. The number of carbonyl (C=O) groups excluding carboxylic acids is 1. The van der Waals surface area contributed by atoms with Crippen molar-refractivity contribution < 1.29 is 19.7 Å². The molecule has 150 valence electrons. The Morgan fingerprint density at radius 1 is 1.34 bits per heavy atom. The number of halogens is 1. The number of benzene rings is 1. The number of nitriles is 1. The average Bonchev–Trinajstić information content (AvgIpc) is 3.03. The Morgan fingerprint density at radius 2 is 2.07 bits per heavy atom. The van der Waals surface area contributed by atoms with Crippen LogP contribution in [-0.4, -0.2) is 40.9 Å². The molecule has 0 fully saturated rings. The van der Waals surface area contributed by atoms with Crippen LogP contribution in [0.2, 0.25) is 4.34 Å². The van der Waals surface area contributed by atoms with Gasteiger partial charge >= 0.3 is 0 Å². The molecule has 0 radical (unpaired) electrons. The highest BCUT2D eigenvalue weighted by Crippen LogP contribution is 2.45. The van der Waals surface area contributed by atoms with Gasteiger partial charge in [0, 0.05) is 18.7 Å². The van der Waals surface area contributed by atoms with E-state index in [1.165, 1.54) is 0 Å². The van der Waals surface area contributed by atoms with Crippen LogP contribution in [0.5, 0.6) is 11.5 Å². The maximum absolute atomic E-state index is 11.9. The van der Waals surface area contributed by atoms with Gasteiger partial charge in [-0.3, -0.25) is 9.59 Å². The molecular formula is C19H16ClN3O5S. The second-order valence-electron chi connectivity index (χ2n) is 5.98. The van der Waals surface area contributed by atoms with E-state index in [2.05, 4.69) is 10.3 Å². The predicted molar refractivity (Wildman–Crippen MR) is 109 cm³/mol. The van der Waals surface area contributed by atoms with E-state index in [4.69, 9.17) is 26.7 Å². The number of hydrogen-bond acceptors (Lipinski definition) is 7. The first-order chi connectivity index (χ1) is 14.0. The molecule has 4 N–H and O–H groups in total. The minimum Gasteiger partial charge on any atom is -0.506 e. The van der Waals surface area contributed by atoms with E-state index >= 15 is 0 Å². The molecule has 0 aliphatic heterocycles. The average molecular weight is 434 g/mol. The summed E-state index contributed by atoms with van der Waals surface area (Å²) < 4.78 is 5.77. The summed E-state index contributed by atoms with van der Waals surface area (Å²) in [5.41, 5.74) is 0.0841. The van der Waals surface area contributed by atoms with E-state index in [-0.39, 0.29) is 24.7 Å². The smallest absolute Gasteiger partial charge is 0.270 e. The monoisotopic (exact) mass is 433 g/mol. The van der Waals surface area contributed by atoms with Gasteiger partial charge < -0.3 is 25.3 Å². The Labute approximate surface area is 173 Å². The van der Waals surface area contributed by atoms with Crippen molar-refractivity contribution in [2.75, 3.05) is 19.8 Å². The second-order valence-corrected chi connectivity index (χ2v) is 7.61. The molecule has 0 aliphatic carbocycles. The minimum absolute atomic E-state index is 0.00171. The van der Waals surface area contributed by atoms with Gasteiger partial charge in [0.1, 0.15) is 26.7 Å². The van der Waals surface area contributed by atoms with Crippen molar-refractivity contribution in [1.29, 1.82) is 5.26 Å². The van der Waals surface area contributed by atoms with Gasteiger partial charge in [0.2, 0.25) is 0 Å². The molecule has 8 nitrogen and oxygen atoms in total. The number of H-pyrrole nitrogens is 1. The number of aliphatic hydroxyl groups excluding tert-OH is 1. The van der Waals surface area contributed by atoms with Crippen molar-refractivity contribution in [3.63, 3.8) is 0 Å². The fraction of sp³-hybridized carbons (Fsp3) is 0.211. The van der Waals surface area contributed by atoms with E-state index < -0.39 is 11.3 Å². The molecule has 0 spiro atoms. The number of hydrogen-bond donors (Lipinski definition) is 4. The van der Waals surface area contributed by atoms with Crippen molar-refractivity contribution in [2.45, 2.75) is 6.42 Å². The van der Waals surface area contributed by atoms with Gasteiger partial charge in [-0.25, -0.2) is 0 Å². The Hall–Kier alpha value is -3.06. The van der Waals surface area contributed by atoms with E-state index in [1.54, 1.807) is 30.3 Å². The Balaban J connectivity index is 1.84. The summed E-state index contributed by atoms with van der Waals surface area (Å²) in [5, 5.41) is 31.1. The van der Waals surface area contributed by atoms with Crippen LogP contribution in [0.4, 0.5) is 0 Å². The van der Waals surface area contributed by atoms with Crippen molar-refractivity contribution >= 4 is 39.1 Å². The van der Waals surface area contributed by atoms with E-state index in [0.717, 1.165) is 11.3 Å². The lowest BCUT2D eigenvalue weighted by Gasteiger charge is -2.08. The van der Waals surface area contributed by atoms with E-state index in [9.17, 15) is 14.7 Å². The van der Waals surface area contributed by atoms with Crippen LogP contribution >= 0.6 is 22.9 Å². The van der Waals surface area contributed by atoms with Crippen molar-refractivity contribution in [1.82, 2.24) is 10.3 Å². The van der Waals surface area contributed by atoms with E-state index in [0.29, 0.717) is 44.4 Å². The topological polar surface area (TPSA) is 135 Å². The summed E-state index contributed by atoms with van der Waals surface area (Å²) in [7, 11) is 0. The first-order valence-electron chi connectivity index (χ1n) is 8.54. The van der Waals surface area contributed by atoms with E-state index in [1.807, 2.05) is 0 Å². The summed E-state index contributed by atoms with van der Waals surface area (Å²) in [6.45, 7) is 0.208. The number of aromatic nitrogens is 1. The molecule has 29 heavy (non-hydrogen) atoms. The normalized spacial score (nSPS) is 10.7. The molecule has 0 unspecified atom stereocenters. The van der Waals surface area contributed by atoms with Gasteiger partial charge in [-0.05, 0) is 24.1 Å². The van der Waals surface area contributed by atoms with Gasteiger partial charge in [-0.2, -0.15) is 5.26 Å². The number of pyridine rings is 1. The quantitative estimate of drug-likeness (QED) is 0.422. The third-order valence-electron chi connectivity index (χ3n) is 4.07. The number of aliphatic hydroxyl groups is 1. The van der Waals surface area contributed by atoms with Gasteiger partial charge in [-0.15, -0.1) is 11.3 Å². The summed E-state index contributed by atoms with van der Waals surface area (Å²) in [5.74, 6) is -0.256. The molecule has 1 aromatic carbocycles. The first-order valence-corrected chi connectivity index (χ1v) is 9.73. The number of aromatic amines is 1. The molecule has 0 saturated heterocycles. The fourth-order valence-electron chi connectivity index (χ4n) is 2.70. The largest absolute Gasteiger partial charge is 0.506 e. The summed E-state index contributed by atoms with van der Waals surface area (Å²) in [4.78, 5) is 26.4. The molecule has 2 heterocycles.